The molecule has 0 saturated carbocycles. The summed E-state index contributed by atoms with van der Waals surface area (Å²) < 4.78 is 0. The fourth-order valence-electron chi connectivity index (χ4n) is 2.77. The van der Waals surface area contributed by atoms with Gasteiger partial charge in [-0.25, -0.2) is 0 Å². The molecule has 3 aromatic rings. The van der Waals surface area contributed by atoms with E-state index in [4.69, 9.17) is 0 Å². The summed E-state index contributed by atoms with van der Waals surface area (Å²) in [6, 6.07) is 7.97. The zero-order valence-corrected chi connectivity index (χ0v) is 10.3. The van der Waals surface area contributed by atoms with Crippen LogP contribution in [0.4, 0.5) is 0 Å². The highest BCUT2D eigenvalue weighted by atomic mass is 16.1. The number of carbonyl (C=O) groups excluding carboxylic acids is 1. The Morgan fingerprint density at radius 1 is 1.00 bits per heavy atom. The Bertz CT molecular complexity index is 852. The van der Waals surface area contributed by atoms with Crippen LogP contribution in [0.1, 0.15) is 21.5 Å². The minimum atomic E-state index is 0.0222. The Morgan fingerprint density at radius 3 is 2.79 bits per heavy atom. The summed E-state index contributed by atoms with van der Waals surface area (Å²) in [4.78, 5) is 20.8. The molecule has 0 atom stereocenters. The van der Waals surface area contributed by atoms with Gasteiger partial charge in [-0.3, -0.25) is 14.8 Å². The molecule has 0 radical (unpaired) electrons. The minimum Gasteiger partial charge on any atom is -0.288 e. The van der Waals surface area contributed by atoms with Crippen LogP contribution >= 0.6 is 0 Å². The molecular formula is C16H10N2O. The Hall–Kier alpha value is -2.55. The lowest BCUT2D eigenvalue weighted by Crippen LogP contribution is -1.96. The van der Waals surface area contributed by atoms with Crippen LogP contribution in [0.25, 0.3) is 22.0 Å². The second-order valence-corrected chi connectivity index (χ2v) is 4.77. The lowest BCUT2D eigenvalue weighted by molar-refractivity contribution is 0.104. The predicted octanol–water partition coefficient (Wildman–Crippen LogP) is 3.15. The number of pyridine rings is 2. The summed E-state index contributed by atoms with van der Waals surface area (Å²) in [6.45, 7) is 2.03. The number of ketones is 1. The molecule has 1 aliphatic rings. The van der Waals surface area contributed by atoms with Crippen molar-refractivity contribution in [2.24, 2.45) is 0 Å². The van der Waals surface area contributed by atoms with Gasteiger partial charge >= 0.3 is 0 Å². The van der Waals surface area contributed by atoms with E-state index in [0.29, 0.717) is 11.1 Å². The molecule has 0 unspecified atom stereocenters. The van der Waals surface area contributed by atoms with E-state index in [0.717, 1.165) is 27.6 Å². The second-order valence-electron chi connectivity index (χ2n) is 4.77. The number of rotatable bonds is 0. The molecule has 0 aliphatic heterocycles. The van der Waals surface area contributed by atoms with Crippen molar-refractivity contribution in [3.63, 3.8) is 0 Å². The first-order valence-electron chi connectivity index (χ1n) is 6.15. The maximum Gasteiger partial charge on any atom is 0.197 e. The molecule has 4 rings (SSSR count). The van der Waals surface area contributed by atoms with Crippen molar-refractivity contribution in [3.05, 3.63) is 59.5 Å². The number of benzene rings is 1. The molecule has 0 bridgehead atoms. The summed E-state index contributed by atoms with van der Waals surface area (Å²) >= 11 is 0. The van der Waals surface area contributed by atoms with Crippen molar-refractivity contribution in [1.82, 2.24) is 9.97 Å². The summed E-state index contributed by atoms with van der Waals surface area (Å²) in [6.07, 6.45) is 5.05. The summed E-state index contributed by atoms with van der Waals surface area (Å²) in [5, 5.41) is 1.04. The average molecular weight is 246 g/mol. The maximum atomic E-state index is 12.3. The molecule has 2 aromatic heterocycles. The van der Waals surface area contributed by atoms with Crippen molar-refractivity contribution in [2.75, 3.05) is 0 Å². The molecule has 0 N–H and O–H groups in total. The molecule has 3 nitrogen and oxygen atoms in total. The number of hydrogen-bond acceptors (Lipinski definition) is 3. The number of aromatic nitrogens is 2. The summed E-state index contributed by atoms with van der Waals surface area (Å²) in [5.41, 5.74) is 5.40. The number of carbonyl (C=O) groups is 1. The molecule has 2 heterocycles. The zero-order valence-electron chi connectivity index (χ0n) is 10.3. The number of aryl methyl sites for hydroxylation is 1. The monoisotopic (exact) mass is 246 g/mol. The molecule has 0 saturated heterocycles. The number of para-hydroxylation sites is 1. The largest absolute Gasteiger partial charge is 0.288 e. The van der Waals surface area contributed by atoms with Gasteiger partial charge in [0.25, 0.3) is 0 Å². The Kier molecular flexibility index (Phi) is 1.90. The van der Waals surface area contributed by atoms with Gasteiger partial charge < -0.3 is 0 Å². The number of fused-ring (bicyclic) bond motifs is 5. The molecule has 0 fully saturated rings. The van der Waals surface area contributed by atoms with Gasteiger partial charge in [0, 0.05) is 40.7 Å². The van der Waals surface area contributed by atoms with Crippen molar-refractivity contribution in [2.45, 2.75) is 6.92 Å². The SMILES string of the molecule is Cc1cccc2c3c(cnc12)C(=O)c1cnccc1-3. The van der Waals surface area contributed by atoms with Crippen LogP contribution in [0, 0.1) is 6.92 Å². The first kappa shape index (κ1) is 10.4. The average Bonchev–Trinajstić information content (AvgIpc) is 2.74. The van der Waals surface area contributed by atoms with Crippen LogP contribution in [-0.4, -0.2) is 15.8 Å². The highest BCUT2D eigenvalue weighted by Gasteiger charge is 2.28. The van der Waals surface area contributed by atoms with Crippen molar-refractivity contribution in [3.8, 4) is 11.1 Å². The first-order chi connectivity index (χ1) is 9.27. The van der Waals surface area contributed by atoms with Crippen LogP contribution in [0.3, 0.4) is 0 Å². The van der Waals surface area contributed by atoms with Crippen molar-refractivity contribution >= 4 is 16.7 Å². The van der Waals surface area contributed by atoms with Gasteiger partial charge in [0.15, 0.2) is 5.78 Å². The Balaban J connectivity index is 2.22. The normalized spacial score (nSPS) is 12.6. The second kappa shape index (κ2) is 3.48. The maximum absolute atomic E-state index is 12.3. The summed E-state index contributed by atoms with van der Waals surface area (Å²) in [7, 11) is 0. The van der Waals surface area contributed by atoms with Crippen LogP contribution in [0.15, 0.2) is 42.9 Å². The lowest BCUT2D eigenvalue weighted by Gasteiger charge is -2.06. The van der Waals surface area contributed by atoms with E-state index in [-0.39, 0.29) is 5.78 Å². The number of nitrogens with zero attached hydrogens (tertiary/aromatic N) is 2. The van der Waals surface area contributed by atoms with Gasteiger partial charge in [-0.15, -0.1) is 0 Å². The van der Waals surface area contributed by atoms with E-state index in [1.165, 1.54) is 0 Å². The lowest BCUT2D eigenvalue weighted by atomic mass is 10.0. The van der Waals surface area contributed by atoms with E-state index in [2.05, 4.69) is 9.97 Å². The van der Waals surface area contributed by atoms with E-state index in [9.17, 15) is 4.79 Å². The molecule has 90 valence electrons. The van der Waals surface area contributed by atoms with Crippen LogP contribution < -0.4 is 0 Å². The molecule has 0 amide bonds. The summed E-state index contributed by atoms with van der Waals surface area (Å²) in [5.74, 6) is 0.0222. The van der Waals surface area contributed by atoms with E-state index < -0.39 is 0 Å². The smallest absolute Gasteiger partial charge is 0.197 e. The van der Waals surface area contributed by atoms with E-state index >= 15 is 0 Å². The zero-order chi connectivity index (χ0) is 13.0. The molecule has 1 aromatic carbocycles. The van der Waals surface area contributed by atoms with Crippen LogP contribution in [-0.2, 0) is 0 Å². The Morgan fingerprint density at radius 2 is 1.89 bits per heavy atom. The predicted molar refractivity (Wildman–Crippen MR) is 73.1 cm³/mol. The van der Waals surface area contributed by atoms with Gasteiger partial charge in [0.1, 0.15) is 0 Å². The first-order valence-corrected chi connectivity index (χ1v) is 6.15. The fraction of sp³-hybridized carbons (Fsp3) is 0.0625. The highest BCUT2D eigenvalue weighted by molar-refractivity contribution is 6.25. The van der Waals surface area contributed by atoms with Crippen molar-refractivity contribution in [1.29, 1.82) is 0 Å². The molecule has 3 heteroatoms. The van der Waals surface area contributed by atoms with Gasteiger partial charge in [-0.05, 0) is 24.1 Å². The Labute approximate surface area is 109 Å². The standard InChI is InChI=1S/C16H10N2O/c1-9-3-2-4-11-14-10-5-6-17-7-12(10)16(19)13(14)8-18-15(9)11/h2-8H,1H3. The van der Waals surface area contributed by atoms with Gasteiger partial charge in [-0.2, -0.15) is 0 Å². The highest BCUT2D eigenvalue weighted by Crippen LogP contribution is 2.40. The van der Waals surface area contributed by atoms with Gasteiger partial charge in [0.05, 0.1) is 5.52 Å². The number of hydrogen-bond donors (Lipinski definition) is 0. The van der Waals surface area contributed by atoms with E-state index in [1.807, 2.05) is 31.2 Å². The van der Waals surface area contributed by atoms with Gasteiger partial charge in [-0.1, -0.05) is 18.2 Å². The molecular weight excluding hydrogens is 236 g/mol. The minimum absolute atomic E-state index is 0.0222. The van der Waals surface area contributed by atoms with Crippen LogP contribution in [0.2, 0.25) is 0 Å². The third-order valence-corrected chi connectivity index (χ3v) is 3.68. The van der Waals surface area contributed by atoms with Crippen LogP contribution in [0.5, 0.6) is 0 Å². The van der Waals surface area contributed by atoms with Gasteiger partial charge in [0.2, 0.25) is 0 Å². The quantitative estimate of drug-likeness (QED) is 0.478. The topological polar surface area (TPSA) is 42.9 Å². The van der Waals surface area contributed by atoms with Crippen molar-refractivity contribution < 1.29 is 4.79 Å². The fourth-order valence-corrected chi connectivity index (χ4v) is 2.77. The third kappa shape index (κ3) is 1.24. The third-order valence-electron chi connectivity index (χ3n) is 3.68. The molecule has 1 aliphatic carbocycles. The molecule has 0 spiro atoms. The van der Waals surface area contributed by atoms with E-state index in [1.54, 1.807) is 18.6 Å². The molecule has 19 heavy (non-hydrogen) atoms.